The van der Waals surface area contributed by atoms with Crippen molar-refractivity contribution in [2.75, 3.05) is 26.2 Å². The van der Waals surface area contributed by atoms with Crippen LogP contribution in [0.4, 0.5) is 0 Å². The Morgan fingerprint density at radius 2 is 2.04 bits per heavy atom. The largest absolute Gasteiger partial charge is 0.340 e. The van der Waals surface area contributed by atoms with Gasteiger partial charge < -0.3 is 4.90 Å². The zero-order valence-electron chi connectivity index (χ0n) is 15.6. The van der Waals surface area contributed by atoms with Gasteiger partial charge in [0, 0.05) is 25.7 Å². The third-order valence-corrected chi connectivity index (χ3v) is 6.66. The molecule has 27 heavy (non-hydrogen) atoms. The molecule has 1 amide bonds. The van der Waals surface area contributed by atoms with E-state index in [1.165, 1.54) is 43.1 Å². The molecule has 0 radical (unpaired) electrons. The molecule has 3 aliphatic heterocycles. The Morgan fingerprint density at radius 3 is 2.96 bits per heavy atom. The van der Waals surface area contributed by atoms with E-state index >= 15 is 0 Å². The van der Waals surface area contributed by atoms with Crippen LogP contribution < -0.4 is 5.56 Å². The summed E-state index contributed by atoms with van der Waals surface area (Å²) in [6, 6.07) is 7.94. The summed E-state index contributed by atoms with van der Waals surface area (Å²) in [4.78, 5) is 34.7. The van der Waals surface area contributed by atoms with Crippen LogP contribution in [-0.2, 0) is 11.3 Å². The zero-order valence-corrected chi connectivity index (χ0v) is 15.6. The van der Waals surface area contributed by atoms with Crippen molar-refractivity contribution in [2.45, 2.75) is 38.3 Å². The van der Waals surface area contributed by atoms with E-state index in [1.807, 2.05) is 23.1 Å². The smallest absolute Gasteiger partial charge is 0.261 e. The van der Waals surface area contributed by atoms with Crippen molar-refractivity contribution in [1.82, 2.24) is 19.4 Å². The van der Waals surface area contributed by atoms with Crippen molar-refractivity contribution in [2.24, 2.45) is 11.8 Å². The first kappa shape index (κ1) is 16.9. The fraction of sp³-hybridized carbons (Fsp3) is 0.571. The molecule has 2 aromatic rings. The van der Waals surface area contributed by atoms with E-state index in [0.29, 0.717) is 28.8 Å². The van der Waals surface area contributed by atoms with E-state index in [-0.39, 0.29) is 18.0 Å². The summed E-state index contributed by atoms with van der Waals surface area (Å²) in [7, 11) is 0. The minimum absolute atomic E-state index is 0.0492. The van der Waals surface area contributed by atoms with Gasteiger partial charge in [0.15, 0.2) is 0 Å². The van der Waals surface area contributed by atoms with Crippen molar-refractivity contribution in [3.63, 3.8) is 0 Å². The highest BCUT2D eigenvalue weighted by atomic mass is 16.2. The molecule has 4 heterocycles. The van der Waals surface area contributed by atoms with Gasteiger partial charge in [-0.3, -0.25) is 19.1 Å². The fourth-order valence-electron chi connectivity index (χ4n) is 5.43. The van der Waals surface area contributed by atoms with Gasteiger partial charge in [-0.05, 0) is 49.8 Å². The summed E-state index contributed by atoms with van der Waals surface area (Å²) in [5.41, 5.74) is 0.542. The van der Waals surface area contributed by atoms with Gasteiger partial charge in [0.2, 0.25) is 5.91 Å². The van der Waals surface area contributed by atoms with Gasteiger partial charge in [-0.25, -0.2) is 4.98 Å². The van der Waals surface area contributed by atoms with E-state index in [4.69, 9.17) is 0 Å². The van der Waals surface area contributed by atoms with Crippen LogP contribution in [0.1, 0.15) is 25.7 Å². The zero-order chi connectivity index (χ0) is 18.4. The van der Waals surface area contributed by atoms with E-state index in [2.05, 4.69) is 9.88 Å². The van der Waals surface area contributed by atoms with Gasteiger partial charge in [-0.15, -0.1) is 0 Å². The van der Waals surface area contributed by atoms with E-state index in [1.54, 1.807) is 6.07 Å². The topological polar surface area (TPSA) is 58.4 Å². The highest BCUT2D eigenvalue weighted by Crippen LogP contribution is 2.37. The normalized spacial score (nSPS) is 28.1. The Balaban J connectivity index is 1.33. The van der Waals surface area contributed by atoms with Crippen LogP contribution >= 0.6 is 0 Å². The molecule has 0 N–H and O–H groups in total. The molecule has 3 aliphatic rings. The number of likely N-dealkylation sites (tertiary alicyclic amines) is 1. The Labute approximate surface area is 158 Å². The molecular formula is C21H26N4O2. The number of carbonyl (C=O) groups excluding carboxylic acids is 1. The highest BCUT2D eigenvalue weighted by molar-refractivity contribution is 5.79. The number of carbonyl (C=O) groups is 1. The van der Waals surface area contributed by atoms with Gasteiger partial charge in [0.1, 0.15) is 6.54 Å². The molecule has 1 aromatic heterocycles. The third-order valence-electron chi connectivity index (χ3n) is 6.66. The molecule has 3 saturated heterocycles. The predicted octanol–water partition coefficient (Wildman–Crippen LogP) is 1.73. The average molecular weight is 366 g/mol. The Bertz CT molecular complexity index is 924. The monoisotopic (exact) mass is 366 g/mol. The molecule has 2 bridgehead atoms. The van der Waals surface area contributed by atoms with Gasteiger partial charge in [0.05, 0.1) is 17.2 Å². The van der Waals surface area contributed by atoms with Crippen LogP contribution in [0.15, 0.2) is 35.4 Å². The summed E-state index contributed by atoms with van der Waals surface area (Å²) in [6.45, 7) is 4.11. The van der Waals surface area contributed by atoms with Crippen LogP contribution in [0, 0.1) is 11.8 Å². The van der Waals surface area contributed by atoms with Crippen molar-refractivity contribution < 1.29 is 4.79 Å². The number of fused-ring (bicyclic) bond motifs is 5. The summed E-state index contributed by atoms with van der Waals surface area (Å²) in [6.07, 6.45) is 6.66. The highest BCUT2D eigenvalue weighted by Gasteiger charge is 2.42. The minimum Gasteiger partial charge on any atom is -0.340 e. The third kappa shape index (κ3) is 3.06. The van der Waals surface area contributed by atoms with E-state index in [9.17, 15) is 9.59 Å². The second kappa shape index (κ2) is 6.75. The number of hydrogen-bond donors (Lipinski definition) is 0. The molecule has 0 spiro atoms. The lowest BCUT2D eigenvalue weighted by molar-refractivity contribution is -0.138. The first-order chi connectivity index (χ1) is 13.2. The molecular weight excluding hydrogens is 340 g/mol. The second-order valence-electron chi connectivity index (χ2n) is 8.41. The molecule has 142 valence electrons. The number of hydrogen-bond acceptors (Lipinski definition) is 4. The lowest BCUT2D eigenvalue weighted by Gasteiger charge is -2.52. The molecule has 5 rings (SSSR count). The van der Waals surface area contributed by atoms with Gasteiger partial charge in [-0.2, -0.15) is 0 Å². The molecule has 0 saturated carbocycles. The summed E-state index contributed by atoms with van der Waals surface area (Å²) in [5.74, 6) is 1.22. The molecule has 6 heteroatoms. The van der Waals surface area contributed by atoms with Crippen LogP contribution in [0.2, 0.25) is 0 Å². The molecule has 1 aromatic carbocycles. The van der Waals surface area contributed by atoms with Gasteiger partial charge in [-0.1, -0.05) is 18.6 Å². The maximum absolute atomic E-state index is 13.0. The van der Waals surface area contributed by atoms with E-state index < -0.39 is 0 Å². The Morgan fingerprint density at radius 1 is 1.15 bits per heavy atom. The number of rotatable bonds is 2. The lowest BCUT2D eigenvalue weighted by Crippen LogP contribution is -2.60. The van der Waals surface area contributed by atoms with Gasteiger partial charge >= 0.3 is 0 Å². The molecule has 0 unspecified atom stereocenters. The van der Waals surface area contributed by atoms with Gasteiger partial charge in [0.25, 0.3) is 5.56 Å². The van der Waals surface area contributed by atoms with Crippen LogP contribution in [0.3, 0.4) is 0 Å². The van der Waals surface area contributed by atoms with Crippen LogP contribution in [-0.4, -0.2) is 57.5 Å². The number of piperidine rings is 3. The van der Waals surface area contributed by atoms with Crippen LogP contribution in [0.25, 0.3) is 10.9 Å². The summed E-state index contributed by atoms with van der Waals surface area (Å²) < 4.78 is 1.46. The SMILES string of the molecule is O=C(Cn1cnc2ccccc2c1=O)N1C[C@@H]2C[C@H](C1)[C@@H]1CCCCN1C2. The first-order valence-corrected chi connectivity index (χ1v) is 10.1. The molecule has 0 aliphatic carbocycles. The molecule has 3 fully saturated rings. The maximum atomic E-state index is 13.0. The minimum atomic E-state index is -0.135. The number of nitrogens with zero attached hydrogens (tertiary/aromatic N) is 4. The quantitative estimate of drug-likeness (QED) is 0.812. The van der Waals surface area contributed by atoms with Crippen LogP contribution in [0.5, 0.6) is 0 Å². The number of aromatic nitrogens is 2. The molecule has 3 atom stereocenters. The lowest BCUT2D eigenvalue weighted by atomic mass is 9.76. The standard InChI is InChI=1S/C21H26N4O2/c26-20(13-25-14-22-18-6-2-1-5-17(18)21(25)27)24-11-15-9-16(12-24)19-7-3-4-8-23(19)10-15/h1-2,5-6,14-16,19H,3-4,7-13H2/t15-,16-,19+/m1/s1. The Hall–Kier alpha value is -2.21. The Kier molecular flexibility index (Phi) is 4.23. The van der Waals surface area contributed by atoms with E-state index in [0.717, 1.165) is 19.6 Å². The first-order valence-electron chi connectivity index (χ1n) is 10.1. The van der Waals surface area contributed by atoms with Crippen molar-refractivity contribution in [3.8, 4) is 0 Å². The number of para-hydroxylation sites is 1. The molecule has 6 nitrogen and oxygen atoms in total. The van der Waals surface area contributed by atoms with Crippen molar-refractivity contribution in [1.29, 1.82) is 0 Å². The average Bonchev–Trinajstić information content (AvgIpc) is 2.70. The van der Waals surface area contributed by atoms with Crippen molar-refractivity contribution >= 4 is 16.8 Å². The second-order valence-corrected chi connectivity index (χ2v) is 8.41. The van der Waals surface area contributed by atoms with Crippen molar-refractivity contribution in [3.05, 3.63) is 40.9 Å². The number of amides is 1. The summed E-state index contributed by atoms with van der Waals surface area (Å²) >= 11 is 0. The number of benzene rings is 1. The summed E-state index contributed by atoms with van der Waals surface area (Å²) in [5, 5.41) is 0.571. The predicted molar refractivity (Wildman–Crippen MR) is 103 cm³/mol. The fourth-order valence-corrected chi connectivity index (χ4v) is 5.43. The maximum Gasteiger partial charge on any atom is 0.261 e.